The lowest BCUT2D eigenvalue weighted by Crippen LogP contribution is -2.86. The molecule has 10 nitrogen and oxygen atoms in total. The topological polar surface area (TPSA) is 138 Å². The van der Waals surface area contributed by atoms with Crippen molar-refractivity contribution in [2.45, 2.75) is 115 Å². The maximum atomic E-state index is 15.2. The highest BCUT2D eigenvalue weighted by molar-refractivity contribution is 6.11. The highest BCUT2D eigenvalue weighted by Crippen LogP contribution is 2.72. The van der Waals surface area contributed by atoms with Crippen LogP contribution in [-0.2, 0) is 35.6 Å². The Morgan fingerprint density at radius 2 is 1.73 bits per heavy atom. The van der Waals surface area contributed by atoms with E-state index in [4.69, 9.17) is 23.7 Å². The molecule has 3 saturated carbocycles. The zero-order valence-corrected chi connectivity index (χ0v) is 27.7. The third-order valence-electron chi connectivity index (χ3n) is 11.5. The average molecular weight is 625 g/mol. The molecule has 1 saturated heterocycles. The van der Waals surface area contributed by atoms with Crippen LogP contribution in [0.2, 0.25) is 0 Å². The number of carbonyl (C=O) groups excluding carboxylic acids is 2. The highest BCUT2D eigenvalue weighted by atomic mass is 16.6. The number of Topliss-reactive ketones (excluding diaryl/α,β-unsaturated/α-hetero) is 2. The minimum absolute atomic E-state index is 0.0273. The van der Waals surface area contributed by atoms with Gasteiger partial charge in [-0.3, -0.25) is 9.59 Å². The lowest BCUT2D eigenvalue weighted by molar-refractivity contribution is -0.267. The number of phenols is 1. The summed E-state index contributed by atoms with van der Waals surface area (Å²) in [6.45, 7) is 15.0. The number of fused-ring (bicyclic) bond motifs is 3. The van der Waals surface area contributed by atoms with Crippen molar-refractivity contribution in [3.8, 4) is 17.2 Å². The first-order valence-electron chi connectivity index (χ1n) is 15.6. The molecule has 3 heterocycles. The minimum atomic E-state index is -1.79. The number of hydrogen-bond donors (Lipinski definition) is 2. The predicted octanol–water partition coefficient (Wildman–Crippen LogP) is 4.86. The summed E-state index contributed by atoms with van der Waals surface area (Å²) in [6, 6.07) is 0. The quantitative estimate of drug-likeness (QED) is 0.320. The normalized spacial score (nSPS) is 36.5. The summed E-state index contributed by atoms with van der Waals surface area (Å²) >= 11 is 0. The second-order valence-corrected chi connectivity index (χ2v) is 14.7. The van der Waals surface area contributed by atoms with Gasteiger partial charge in [-0.25, -0.2) is 4.79 Å². The Kier molecular flexibility index (Phi) is 6.81. The van der Waals surface area contributed by atoms with Crippen molar-refractivity contribution in [3.05, 3.63) is 40.0 Å². The van der Waals surface area contributed by atoms with Gasteiger partial charge in [0.2, 0.25) is 5.78 Å². The van der Waals surface area contributed by atoms with Gasteiger partial charge in [0, 0.05) is 48.7 Å². The molecule has 45 heavy (non-hydrogen) atoms. The molecule has 7 rings (SSSR count). The zero-order valence-electron chi connectivity index (χ0n) is 27.7. The van der Waals surface area contributed by atoms with E-state index in [0.717, 1.165) is 5.57 Å². The van der Waals surface area contributed by atoms with Gasteiger partial charge in [-0.1, -0.05) is 31.6 Å². The van der Waals surface area contributed by atoms with Gasteiger partial charge in [0.05, 0.1) is 11.5 Å². The number of benzene rings is 1. The second-order valence-electron chi connectivity index (χ2n) is 14.7. The van der Waals surface area contributed by atoms with E-state index in [2.05, 4.69) is 0 Å². The van der Waals surface area contributed by atoms with Crippen LogP contribution in [0.25, 0.3) is 0 Å². The number of carboxylic acids is 1. The van der Waals surface area contributed by atoms with Crippen molar-refractivity contribution in [1.82, 2.24) is 0 Å². The van der Waals surface area contributed by atoms with Crippen molar-refractivity contribution < 1.29 is 48.3 Å². The van der Waals surface area contributed by atoms with E-state index in [9.17, 15) is 19.8 Å². The van der Waals surface area contributed by atoms with Gasteiger partial charge >= 0.3 is 5.97 Å². The molecule has 7 atom stereocenters. The van der Waals surface area contributed by atoms with Crippen LogP contribution in [-0.4, -0.2) is 76.6 Å². The van der Waals surface area contributed by atoms with Crippen molar-refractivity contribution in [2.75, 3.05) is 14.2 Å². The first-order chi connectivity index (χ1) is 20.9. The molecule has 244 valence electrons. The van der Waals surface area contributed by atoms with Crippen LogP contribution in [0.4, 0.5) is 0 Å². The highest BCUT2D eigenvalue weighted by Gasteiger charge is 2.90. The number of ether oxygens (including phenoxy) is 5. The molecule has 0 radical (unpaired) electrons. The smallest absolute Gasteiger partial charge is 0.330 e. The minimum Gasteiger partial charge on any atom is -0.507 e. The predicted molar refractivity (Wildman–Crippen MR) is 163 cm³/mol. The number of rotatable bonds is 7. The van der Waals surface area contributed by atoms with E-state index in [1.165, 1.54) is 27.2 Å². The largest absolute Gasteiger partial charge is 0.507 e. The monoisotopic (exact) mass is 624 g/mol. The van der Waals surface area contributed by atoms with Crippen LogP contribution < -0.4 is 9.47 Å². The number of carbonyl (C=O) groups is 3. The molecule has 0 unspecified atom stereocenters. The Morgan fingerprint density at radius 3 is 2.31 bits per heavy atom. The van der Waals surface area contributed by atoms with E-state index in [1.54, 1.807) is 0 Å². The van der Waals surface area contributed by atoms with E-state index >= 15 is 4.79 Å². The summed E-state index contributed by atoms with van der Waals surface area (Å²) in [5.74, 6) is -3.23. The molecule has 1 aromatic carbocycles. The molecule has 0 aromatic heterocycles. The van der Waals surface area contributed by atoms with Crippen LogP contribution in [0.5, 0.6) is 17.2 Å². The SMILES string of the molecule is CO[C@H]1[C@@H]2C(=O)c3c(O)c(CC=C(C)C)c4c(c3O[C@]23[C@@H]2C[C@@]1(OC)C(=O)[C@@]3(C/C=C(/C)C(=O)O)OC2(C)C)C(C)(C)[C@H](C)O4. The van der Waals surface area contributed by atoms with Crippen molar-refractivity contribution in [2.24, 2.45) is 11.8 Å². The fraction of sp³-hybridized carbons (Fsp3) is 0.629. The molecule has 3 aliphatic carbocycles. The number of ketones is 2. The molecule has 4 fully saturated rings. The summed E-state index contributed by atoms with van der Waals surface area (Å²) in [4.78, 5) is 42.0. The van der Waals surface area contributed by atoms with E-state index < -0.39 is 63.3 Å². The standard InChI is InChI=1S/C35H44O10/c1-16(2)11-12-19-24(36)21-25(37)22-28(41-9)33(42-10)15-20-32(7,8)45-34(30(33)40,14-13-17(3)29(38)39)35(20,22)44-27(21)23-26(19)43-18(4)31(23,5)6/h11,13,18,20,22,28,36H,12,14-15H2,1-10H3,(H,38,39)/b17-13-/t18-,20+,22-,28-,33-,34+,35+/m0/s1. The van der Waals surface area contributed by atoms with Gasteiger partial charge in [-0.05, 0) is 54.4 Å². The Bertz CT molecular complexity index is 1600. The Labute approximate surface area is 263 Å². The maximum Gasteiger partial charge on any atom is 0.330 e. The lowest BCUT2D eigenvalue weighted by Gasteiger charge is -2.65. The van der Waals surface area contributed by atoms with Gasteiger partial charge in [-0.15, -0.1) is 0 Å². The van der Waals surface area contributed by atoms with Gasteiger partial charge < -0.3 is 33.9 Å². The van der Waals surface area contributed by atoms with Crippen molar-refractivity contribution in [3.63, 3.8) is 0 Å². The van der Waals surface area contributed by atoms with Gasteiger partial charge in [0.1, 0.15) is 35.0 Å². The second kappa shape index (κ2) is 9.65. The van der Waals surface area contributed by atoms with Crippen molar-refractivity contribution >= 4 is 17.5 Å². The third kappa shape index (κ3) is 3.64. The van der Waals surface area contributed by atoms with Crippen LogP contribution in [0.15, 0.2) is 23.3 Å². The van der Waals surface area contributed by atoms with Crippen molar-refractivity contribution in [1.29, 1.82) is 0 Å². The van der Waals surface area contributed by atoms with E-state index in [1.807, 2.05) is 54.5 Å². The molecular weight excluding hydrogens is 580 g/mol. The van der Waals surface area contributed by atoms with Gasteiger partial charge in [-0.2, -0.15) is 0 Å². The van der Waals surface area contributed by atoms with Crippen LogP contribution in [0, 0.1) is 11.8 Å². The first-order valence-corrected chi connectivity index (χ1v) is 15.6. The number of aliphatic carboxylic acids is 1. The fourth-order valence-electron chi connectivity index (χ4n) is 8.95. The Balaban J connectivity index is 1.72. The molecule has 1 spiro atoms. The molecule has 10 heteroatoms. The first kappa shape index (κ1) is 31.8. The molecular formula is C35H44O10. The summed E-state index contributed by atoms with van der Waals surface area (Å²) in [5.41, 5.74) is -4.33. The number of allylic oxidation sites excluding steroid dienone is 2. The number of hydrogen-bond acceptors (Lipinski definition) is 9. The number of phenolic OH excluding ortho intramolecular Hbond substituents is 1. The average Bonchev–Trinajstić information content (AvgIpc) is 3.28. The Hall–Kier alpha value is -3.21. The van der Waals surface area contributed by atoms with E-state index in [-0.39, 0.29) is 41.6 Å². The molecule has 4 bridgehead atoms. The van der Waals surface area contributed by atoms with Gasteiger partial charge in [0.25, 0.3) is 0 Å². The summed E-state index contributed by atoms with van der Waals surface area (Å²) < 4.78 is 32.5. The molecule has 2 N–H and O–H groups in total. The number of carboxylic acid groups (broad SMARTS) is 1. The summed E-state index contributed by atoms with van der Waals surface area (Å²) in [5, 5.41) is 21.6. The number of aromatic hydroxyl groups is 1. The summed E-state index contributed by atoms with van der Waals surface area (Å²) in [6.07, 6.45) is 2.40. The van der Waals surface area contributed by atoms with Crippen LogP contribution in [0.3, 0.4) is 0 Å². The molecule has 1 aromatic rings. The van der Waals surface area contributed by atoms with Crippen LogP contribution >= 0.6 is 0 Å². The zero-order chi connectivity index (χ0) is 33.2. The molecule has 3 aliphatic heterocycles. The lowest BCUT2D eigenvalue weighted by atomic mass is 9.44. The molecule has 6 aliphatic rings. The fourth-order valence-corrected chi connectivity index (χ4v) is 8.95. The molecule has 0 amide bonds. The maximum absolute atomic E-state index is 15.2. The summed E-state index contributed by atoms with van der Waals surface area (Å²) in [7, 11) is 2.86. The number of methoxy groups -OCH3 is 2. The Morgan fingerprint density at radius 1 is 1.07 bits per heavy atom. The van der Waals surface area contributed by atoms with E-state index in [0.29, 0.717) is 23.3 Å². The van der Waals surface area contributed by atoms with Crippen LogP contribution in [0.1, 0.15) is 89.7 Å². The third-order valence-corrected chi connectivity index (χ3v) is 11.5. The van der Waals surface area contributed by atoms with Gasteiger partial charge in [0.15, 0.2) is 22.6 Å².